The maximum Gasteiger partial charge on any atom is 0.0658 e. The van der Waals surface area contributed by atoms with Gasteiger partial charge in [-0.1, -0.05) is 71.9 Å². The minimum atomic E-state index is 0.172. The Balaban J connectivity index is 2.35. The Bertz CT molecular complexity index is 478. The van der Waals surface area contributed by atoms with Gasteiger partial charge in [-0.2, -0.15) is 0 Å². The van der Waals surface area contributed by atoms with Crippen LogP contribution in [0.4, 0.5) is 0 Å². The Morgan fingerprint density at radius 2 is 1.33 bits per heavy atom. The van der Waals surface area contributed by atoms with E-state index in [4.69, 9.17) is 5.21 Å². The minimum absolute atomic E-state index is 0.172. The second-order valence-electron chi connectivity index (χ2n) is 3.95. The predicted octanol–water partition coefficient (Wildman–Crippen LogP) is 3.83. The van der Waals surface area contributed by atoms with Crippen molar-refractivity contribution >= 4 is 6.21 Å². The first-order valence-electron chi connectivity index (χ1n) is 5.86. The lowest BCUT2D eigenvalue weighted by Crippen LogP contribution is -1.97. The largest absolute Gasteiger partial charge is 0.411 e. The van der Waals surface area contributed by atoms with Gasteiger partial charge >= 0.3 is 0 Å². The van der Waals surface area contributed by atoms with Gasteiger partial charge < -0.3 is 5.21 Å². The third-order valence-electron chi connectivity index (χ3n) is 2.77. The second-order valence-corrected chi connectivity index (χ2v) is 3.95. The van der Waals surface area contributed by atoms with Crippen LogP contribution in [0, 0.1) is 0 Å². The van der Waals surface area contributed by atoms with E-state index in [9.17, 15) is 0 Å². The number of nitrogens with zero attached hydrogens (tertiary/aromatic N) is 1. The lowest BCUT2D eigenvalue weighted by atomic mass is 9.91. The predicted molar refractivity (Wildman–Crippen MR) is 74.1 cm³/mol. The highest BCUT2D eigenvalue weighted by Crippen LogP contribution is 2.25. The Labute approximate surface area is 107 Å². The topological polar surface area (TPSA) is 32.6 Å². The molecule has 0 saturated heterocycles. The van der Waals surface area contributed by atoms with Gasteiger partial charge in [0, 0.05) is 5.92 Å². The van der Waals surface area contributed by atoms with E-state index in [2.05, 4.69) is 29.4 Å². The fourth-order valence-electron chi connectivity index (χ4n) is 1.93. The van der Waals surface area contributed by atoms with Crippen molar-refractivity contribution in [3.05, 3.63) is 83.9 Å². The maximum atomic E-state index is 8.44. The summed E-state index contributed by atoms with van der Waals surface area (Å²) in [4.78, 5) is 0. The fraction of sp³-hybridized carbons (Fsp3) is 0.0625. The molecule has 2 aromatic rings. The number of oxime groups is 1. The van der Waals surface area contributed by atoms with Crippen molar-refractivity contribution in [2.24, 2.45) is 5.16 Å². The van der Waals surface area contributed by atoms with Gasteiger partial charge in [0.2, 0.25) is 0 Å². The molecule has 0 fully saturated rings. The maximum absolute atomic E-state index is 8.44. The molecule has 0 radical (unpaired) electrons. The molecule has 1 N–H and O–H groups in total. The fourth-order valence-corrected chi connectivity index (χ4v) is 1.93. The molecule has 0 atom stereocenters. The normalized spacial score (nSPS) is 11.6. The summed E-state index contributed by atoms with van der Waals surface area (Å²) in [6, 6.07) is 20.5. The van der Waals surface area contributed by atoms with E-state index >= 15 is 0 Å². The van der Waals surface area contributed by atoms with E-state index in [0.717, 1.165) is 0 Å². The molecule has 0 saturated carbocycles. The van der Waals surface area contributed by atoms with E-state index in [-0.39, 0.29) is 5.92 Å². The number of rotatable bonds is 4. The summed E-state index contributed by atoms with van der Waals surface area (Å²) in [5, 5.41) is 11.4. The highest BCUT2D eigenvalue weighted by molar-refractivity contribution is 5.70. The van der Waals surface area contributed by atoms with Gasteiger partial charge in [0.1, 0.15) is 0 Å². The van der Waals surface area contributed by atoms with Crippen molar-refractivity contribution in [1.82, 2.24) is 0 Å². The first-order chi connectivity index (χ1) is 8.92. The molecule has 0 bridgehead atoms. The summed E-state index contributed by atoms with van der Waals surface area (Å²) in [5.74, 6) is 0.172. The third kappa shape index (κ3) is 3.08. The summed E-state index contributed by atoms with van der Waals surface area (Å²) < 4.78 is 0. The average Bonchev–Trinajstić information content (AvgIpc) is 2.46. The number of benzene rings is 2. The van der Waals surface area contributed by atoms with E-state index in [1.165, 1.54) is 17.3 Å². The molecule has 0 heterocycles. The van der Waals surface area contributed by atoms with Gasteiger partial charge in [-0.3, -0.25) is 0 Å². The van der Waals surface area contributed by atoms with Crippen LogP contribution in [0.2, 0.25) is 0 Å². The van der Waals surface area contributed by atoms with Crippen LogP contribution in [0.5, 0.6) is 0 Å². The lowest BCUT2D eigenvalue weighted by molar-refractivity contribution is 0.322. The number of hydrogen-bond acceptors (Lipinski definition) is 2. The van der Waals surface area contributed by atoms with E-state index in [1.54, 1.807) is 6.08 Å². The summed E-state index contributed by atoms with van der Waals surface area (Å²) >= 11 is 0. The first-order valence-corrected chi connectivity index (χ1v) is 5.86. The van der Waals surface area contributed by atoms with Crippen molar-refractivity contribution < 1.29 is 5.21 Å². The Morgan fingerprint density at radius 1 is 0.833 bits per heavy atom. The first kappa shape index (κ1) is 12.1. The van der Waals surface area contributed by atoms with Gasteiger partial charge in [0.05, 0.1) is 6.21 Å². The zero-order valence-electron chi connectivity index (χ0n) is 9.98. The minimum Gasteiger partial charge on any atom is -0.411 e. The van der Waals surface area contributed by atoms with Crippen LogP contribution in [0.3, 0.4) is 0 Å². The molecule has 2 aromatic carbocycles. The van der Waals surface area contributed by atoms with Crippen LogP contribution in [0.1, 0.15) is 17.0 Å². The van der Waals surface area contributed by atoms with Crippen LogP contribution >= 0.6 is 0 Å². The van der Waals surface area contributed by atoms with Crippen LogP contribution in [0.25, 0.3) is 0 Å². The lowest BCUT2D eigenvalue weighted by Gasteiger charge is -2.13. The van der Waals surface area contributed by atoms with Gasteiger partial charge in [0.15, 0.2) is 0 Å². The van der Waals surface area contributed by atoms with E-state index in [0.29, 0.717) is 0 Å². The average molecular weight is 237 g/mol. The summed E-state index contributed by atoms with van der Waals surface area (Å²) in [6.45, 7) is 0. The molecule has 0 amide bonds. The molecular formula is C16H15NO. The van der Waals surface area contributed by atoms with Crippen LogP contribution in [0.15, 0.2) is 78.0 Å². The summed E-state index contributed by atoms with van der Waals surface area (Å²) in [7, 11) is 0. The van der Waals surface area contributed by atoms with E-state index in [1.807, 2.05) is 42.5 Å². The molecule has 0 spiro atoms. The highest BCUT2D eigenvalue weighted by atomic mass is 16.4. The molecule has 0 aliphatic heterocycles. The van der Waals surface area contributed by atoms with Crippen LogP contribution < -0.4 is 0 Å². The Hall–Kier alpha value is -2.35. The zero-order chi connectivity index (χ0) is 12.6. The van der Waals surface area contributed by atoms with Crippen molar-refractivity contribution in [3.8, 4) is 0 Å². The Kier molecular flexibility index (Phi) is 4.31. The third-order valence-corrected chi connectivity index (χ3v) is 2.77. The quantitative estimate of drug-likeness (QED) is 0.489. The molecule has 90 valence electrons. The molecule has 0 unspecified atom stereocenters. The van der Waals surface area contributed by atoms with Gasteiger partial charge in [-0.15, -0.1) is 0 Å². The smallest absolute Gasteiger partial charge is 0.0658 e. The Morgan fingerprint density at radius 3 is 1.78 bits per heavy atom. The molecule has 2 heteroatoms. The molecule has 0 aliphatic rings. The van der Waals surface area contributed by atoms with Gasteiger partial charge in [-0.05, 0) is 17.2 Å². The second kappa shape index (κ2) is 6.40. The van der Waals surface area contributed by atoms with Crippen molar-refractivity contribution in [3.63, 3.8) is 0 Å². The molecule has 2 rings (SSSR count). The zero-order valence-corrected chi connectivity index (χ0v) is 9.98. The highest BCUT2D eigenvalue weighted by Gasteiger charge is 2.09. The van der Waals surface area contributed by atoms with Crippen LogP contribution in [-0.2, 0) is 0 Å². The molecule has 0 aromatic heterocycles. The standard InChI is InChI=1S/C16H15NO/c18-17-13-7-12-16(14-8-3-1-4-9-14)15-10-5-2-6-11-15/h1-13,16,18H. The SMILES string of the molecule is ON=CC=CC(c1ccccc1)c1ccccc1. The van der Waals surface area contributed by atoms with E-state index < -0.39 is 0 Å². The molecule has 0 aliphatic carbocycles. The number of hydrogen-bond donors (Lipinski definition) is 1. The summed E-state index contributed by atoms with van der Waals surface area (Å²) in [6.07, 6.45) is 5.15. The molecular weight excluding hydrogens is 222 g/mol. The van der Waals surface area contributed by atoms with Crippen molar-refractivity contribution in [2.45, 2.75) is 5.92 Å². The summed E-state index contributed by atoms with van der Waals surface area (Å²) in [5.41, 5.74) is 2.43. The molecule has 18 heavy (non-hydrogen) atoms. The van der Waals surface area contributed by atoms with Gasteiger partial charge in [0.25, 0.3) is 0 Å². The van der Waals surface area contributed by atoms with Crippen molar-refractivity contribution in [1.29, 1.82) is 0 Å². The van der Waals surface area contributed by atoms with Crippen molar-refractivity contribution in [2.75, 3.05) is 0 Å². The van der Waals surface area contributed by atoms with Crippen LogP contribution in [-0.4, -0.2) is 11.4 Å². The monoisotopic (exact) mass is 237 g/mol. The van der Waals surface area contributed by atoms with Gasteiger partial charge in [-0.25, -0.2) is 0 Å². The molecule has 2 nitrogen and oxygen atoms in total. The number of allylic oxidation sites excluding steroid dienone is 2.